The lowest BCUT2D eigenvalue weighted by atomic mass is 10.00. The Hall–Kier alpha value is -0.160. The molecule has 0 aromatic rings. The first kappa shape index (κ1) is 13.8. The molecule has 0 saturated heterocycles. The van der Waals surface area contributed by atoms with Crippen molar-refractivity contribution in [2.75, 3.05) is 26.4 Å². The lowest BCUT2D eigenvalue weighted by molar-refractivity contribution is -0.0339. The molecule has 4 nitrogen and oxygen atoms in total. The van der Waals surface area contributed by atoms with Crippen LogP contribution in [-0.2, 0) is 9.47 Å². The van der Waals surface area contributed by atoms with Gasteiger partial charge in [0.15, 0.2) is 0 Å². The molecule has 2 unspecified atom stereocenters. The average Bonchev–Trinajstić information content (AvgIpc) is 2.12. The number of rotatable bonds is 8. The molecule has 0 heterocycles. The van der Waals surface area contributed by atoms with Crippen molar-refractivity contribution in [1.29, 1.82) is 0 Å². The molecule has 0 aromatic heterocycles. The minimum Gasteiger partial charge on any atom is -0.389 e. The van der Waals surface area contributed by atoms with Crippen molar-refractivity contribution in [3.8, 4) is 0 Å². The van der Waals surface area contributed by atoms with Gasteiger partial charge in [0.25, 0.3) is 0 Å². The molecule has 0 saturated carbocycles. The number of hydrogen-bond acceptors (Lipinski definition) is 4. The standard InChI is InChI=1S/C10H23NO3/c1-4-13-5-6-14-9(2)7-10(3,12)8-11/h9,12H,4-8,11H2,1-3H3. The van der Waals surface area contributed by atoms with Gasteiger partial charge in [0.2, 0.25) is 0 Å². The SMILES string of the molecule is CCOCCOC(C)CC(C)(O)CN. The second kappa shape index (κ2) is 7.17. The molecule has 0 aromatic carbocycles. The normalized spacial score (nSPS) is 17.8. The van der Waals surface area contributed by atoms with E-state index in [9.17, 15) is 5.11 Å². The Labute approximate surface area is 86.4 Å². The molecule has 0 bridgehead atoms. The van der Waals surface area contributed by atoms with Crippen LogP contribution in [0.2, 0.25) is 0 Å². The molecule has 0 aliphatic heterocycles. The smallest absolute Gasteiger partial charge is 0.0765 e. The highest BCUT2D eigenvalue weighted by molar-refractivity contribution is 4.76. The van der Waals surface area contributed by atoms with Gasteiger partial charge in [0, 0.05) is 19.6 Å². The summed E-state index contributed by atoms with van der Waals surface area (Å²) in [7, 11) is 0. The topological polar surface area (TPSA) is 64.7 Å². The van der Waals surface area contributed by atoms with Crippen LogP contribution < -0.4 is 5.73 Å². The highest BCUT2D eigenvalue weighted by Gasteiger charge is 2.21. The summed E-state index contributed by atoms with van der Waals surface area (Å²) >= 11 is 0. The van der Waals surface area contributed by atoms with Crippen LogP contribution in [-0.4, -0.2) is 43.2 Å². The Morgan fingerprint density at radius 1 is 1.43 bits per heavy atom. The van der Waals surface area contributed by atoms with Gasteiger partial charge in [-0.25, -0.2) is 0 Å². The number of nitrogens with two attached hydrogens (primary N) is 1. The average molecular weight is 205 g/mol. The van der Waals surface area contributed by atoms with Crippen LogP contribution in [0.4, 0.5) is 0 Å². The van der Waals surface area contributed by atoms with Crippen molar-refractivity contribution in [1.82, 2.24) is 0 Å². The van der Waals surface area contributed by atoms with Crippen LogP contribution in [0.15, 0.2) is 0 Å². The highest BCUT2D eigenvalue weighted by atomic mass is 16.5. The van der Waals surface area contributed by atoms with Crippen LogP contribution >= 0.6 is 0 Å². The van der Waals surface area contributed by atoms with Crippen molar-refractivity contribution in [2.45, 2.75) is 38.9 Å². The van der Waals surface area contributed by atoms with Crippen LogP contribution in [0.25, 0.3) is 0 Å². The van der Waals surface area contributed by atoms with E-state index in [0.717, 1.165) is 0 Å². The Kier molecular flexibility index (Phi) is 7.09. The molecular weight excluding hydrogens is 182 g/mol. The lowest BCUT2D eigenvalue weighted by Crippen LogP contribution is -2.38. The first-order valence-electron chi connectivity index (χ1n) is 5.13. The molecule has 0 amide bonds. The Bertz CT molecular complexity index is 139. The predicted molar refractivity (Wildman–Crippen MR) is 56.2 cm³/mol. The van der Waals surface area contributed by atoms with Gasteiger partial charge >= 0.3 is 0 Å². The summed E-state index contributed by atoms with van der Waals surface area (Å²) in [4.78, 5) is 0. The number of hydrogen-bond donors (Lipinski definition) is 2. The van der Waals surface area contributed by atoms with Gasteiger partial charge in [-0.1, -0.05) is 0 Å². The number of ether oxygens (including phenoxy) is 2. The fourth-order valence-electron chi connectivity index (χ4n) is 1.21. The third kappa shape index (κ3) is 7.26. The van der Waals surface area contributed by atoms with E-state index in [1.54, 1.807) is 6.92 Å². The fourth-order valence-corrected chi connectivity index (χ4v) is 1.21. The van der Waals surface area contributed by atoms with Crippen LogP contribution in [0, 0.1) is 0 Å². The third-order valence-electron chi connectivity index (χ3n) is 2.00. The van der Waals surface area contributed by atoms with Gasteiger partial charge in [0.1, 0.15) is 0 Å². The third-order valence-corrected chi connectivity index (χ3v) is 2.00. The van der Waals surface area contributed by atoms with Gasteiger partial charge < -0.3 is 20.3 Å². The van der Waals surface area contributed by atoms with E-state index in [2.05, 4.69) is 0 Å². The molecular formula is C10H23NO3. The molecule has 86 valence electrons. The maximum absolute atomic E-state index is 9.66. The largest absolute Gasteiger partial charge is 0.389 e. The summed E-state index contributed by atoms with van der Waals surface area (Å²) in [5.41, 5.74) is 4.57. The quantitative estimate of drug-likeness (QED) is 0.567. The van der Waals surface area contributed by atoms with E-state index < -0.39 is 5.60 Å². The lowest BCUT2D eigenvalue weighted by Gasteiger charge is -2.25. The van der Waals surface area contributed by atoms with Crippen molar-refractivity contribution in [3.63, 3.8) is 0 Å². The molecule has 3 N–H and O–H groups in total. The summed E-state index contributed by atoms with van der Waals surface area (Å²) in [6.45, 7) is 7.72. The molecule has 14 heavy (non-hydrogen) atoms. The first-order chi connectivity index (χ1) is 6.52. The van der Waals surface area contributed by atoms with E-state index in [4.69, 9.17) is 15.2 Å². The monoisotopic (exact) mass is 205 g/mol. The predicted octanol–water partition coefficient (Wildman–Crippen LogP) is 0.528. The van der Waals surface area contributed by atoms with Gasteiger partial charge in [-0.05, 0) is 20.8 Å². The summed E-state index contributed by atoms with van der Waals surface area (Å²) in [6.07, 6.45) is 0.560. The Balaban J connectivity index is 3.49. The summed E-state index contributed by atoms with van der Waals surface area (Å²) in [5, 5.41) is 9.66. The minimum absolute atomic E-state index is 0.00834. The fraction of sp³-hybridized carbons (Fsp3) is 1.00. The zero-order chi connectivity index (χ0) is 11.0. The zero-order valence-electron chi connectivity index (χ0n) is 9.45. The molecule has 0 radical (unpaired) electrons. The molecule has 2 atom stereocenters. The second-order valence-corrected chi connectivity index (χ2v) is 3.78. The summed E-state index contributed by atoms with van der Waals surface area (Å²) in [5.74, 6) is 0. The van der Waals surface area contributed by atoms with Gasteiger partial charge in [0.05, 0.1) is 24.9 Å². The molecule has 0 fully saturated rings. The summed E-state index contributed by atoms with van der Waals surface area (Å²) < 4.78 is 10.6. The Morgan fingerprint density at radius 3 is 2.57 bits per heavy atom. The van der Waals surface area contributed by atoms with Crippen molar-refractivity contribution in [3.05, 3.63) is 0 Å². The van der Waals surface area contributed by atoms with E-state index >= 15 is 0 Å². The zero-order valence-corrected chi connectivity index (χ0v) is 9.45. The molecule has 0 spiro atoms. The maximum atomic E-state index is 9.66. The van der Waals surface area contributed by atoms with Crippen molar-refractivity contribution < 1.29 is 14.6 Å². The minimum atomic E-state index is -0.828. The van der Waals surface area contributed by atoms with E-state index in [1.807, 2.05) is 13.8 Å². The van der Waals surface area contributed by atoms with Crippen LogP contribution in [0.1, 0.15) is 27.2 Å². The van der Waals surface area contributed by atoms with E-state index in [-0.39, 0.29) is 12.6 Å². The van der Waals surface area contributed by atoms with Gasteiger partial charge in [-0.15, -0.1) is 0 Å². The highest BCUT2D eigenvalue weighted by Crippen LogP contribution is 2.12. The molecule has 4 heteroatoms. The number of aliphatic hydroxyl groups is 1. The van der Waals surface area contributed by atoms with E-state index in [1.165, 1.54) is 0 Å². The molecule has 0 aliphatic rings. The van der Waals surface area contributed by atoms with Gasteiger partial charge in [-0.2, -0.15) is 0 Å². The maximum Gasteiger partial charge on any atom is 0.0765 e. The van der Waals surface area contributed by atoms with E-state index in [0.29, 0.717) is 26.2 Å². The second-order valence-electron chi connectivity index (χ2n) is 3.78. The van der Waals surface area contributed by atoms with Crippen LogP contribution in [0.5, 0.6) is 0 Å². The first-order valence-corrected chi connectivity index (χ1v) is 5.13. The van der Waals surface area contributed by atoms with Crippen molar-refractivity contribution in [2.24, 2.45) is 5.73 Å². The molecule has 0 aliphatic carbocycles. The van der Waals surface area contributed by atoms with Gasteiger partial charge in [-0.3, -0.25) is 0 Å². The Morgan fingerprint density at radius 2 is 2.07 bits per heavy atom. The molecule has 0 rings (SSSR count). The van der Waals surface area contributed by atoms with Crippen molar-refractivity contribution >= 4 is 0 Å². The van der Waals surface area contributed by atoms with Crippen LogP contribution in [0.3, 0.4) is 0 Å². The summed E-state index contributed by atoms with van der Waals surface area (Å²) in [6, 6.07) is 0.